The Hall–Kier alpha value is -1.37. The molecule has 0 N–H and O–H groups in total. The fourth-order valence-corrected chi connectivity index (χ4v) is 1.40. The van der Waals surface area contributed by atoms with Gasteiger partial charge < -0.3 is 0 Å². The molecule has 0 radical (unpaired) electrons. The number of aromatic nitrogens is 3. The first kappa shape index (κ1) is 11.1. The zero-order chi connectivity index (χ0) is 11.8. The lowest BCUT2D eigenvalue weighted by Crippen LogP contribution is -2.17. The maximum atomic E-state index is 12.2. The fourth-order valence-electron chi connectivity index (χ4n) is 1.14. The van der Waals surface area contributed by atoms with E-state index in [-0.39, 0.29) is 10.4 Å². The van der Waals surface area contributed by atoms with Crippen LogP contribution in [-0.4, -0.2) is 15.0 Å². The van der Waals surface area contributed by atoms with Crippen LogP contribution < -0.4 is 0 Å². The summed E-state index contributed by atoms with van der Waals surface area (Å²) in [5, 5.41) is 6.48. The topological polar surface area (TPSA) is 30.7 Å². The number of hydrogen-bond donors (Lipinski definition) is 0. The predicted octanol–water partition coefficient (Wildman–Crippen LogP) is 3.18. The van der Waals surface area contributed by atoms with Gasteiger partial charge >= 0.3 is 6.30 Å². The highest BCUT2D eigenvalue weighted by atomic mass is 79.9. The minimum atomic E-state index is -4.53. The van der Waals surface area contributed by atoms with Crippen LogP contribution in [0.25, 0.3) is 11.3 Å². The number of halogens is 4. The normalized spacial score (nSPS) is 11.8. The highest BCUT2D eigenvalue weighted by Gasteiger charge is 2.32. The lowest BCUT2D eigenvalue weighted by molar-refractivity contribution is -0.213. The van der Waals surface area contributed by atoms with Gasteiger partial charge in [0, 0.05) is 10.0 Å². The van der Waals surface area contributed by atoms with Crippen LogP contribution in [0.5, 0.6) is 0 Å². The predicted molar refractivity (Wildman–Crippen MR) is 54.5 cm³/mol. The largest absolute Gasteiger partial charge is 0.505 e. The molecule has 0 bridgehead atoms. The van der Waals surface area contributed by atoms with Crippen LogP contribution in [0.2, 0.25) is 0 Å². The summed E-state index contributed by atoms with van der Waals surface area (Å²) in [5.74, 6) is 0. The maximum absolute atomic E-state index is 12.2. The van der Waals surface area contributed by atoms with Crippen molar-refractivity contribution in [3.63, 3.8) is 0 Å². The van der Waals surface area contributed by atoms with Gasteiger partial charge in [-0.3, -0.25) is 0 Å². The summed E-state index contributed by atoms with van der Waals surface area (Å²) in [4.78, 5) is 0. The molecule has 16 heavy (non-hydrogen) atoms. The molecule has 1 aromatic heterocycles. The van der Waals surface area contributed by atoms with E-state index in [1.54, 1.807) is 24.3 Å². The van der Waals surface area contributed by atoms with Crippen molar-refractivity contribution >= 4 is 15.9 Å². The Bertz CT molecular complexity index is 489. The first-order valence-corrected chi connectivity index (χ1v) is 5.01. The van der Waals surface area contributed by atoms with E-state index in [0.717, 1.165) is 10.7 Å². The van der Waals surface area contributed by atoms with Gasteiger partial charge in [-0.25, -0.2) is 0 Å². The second-order valence-electron chi connectivity index (χ2n) is 3.02. The molecule has 0 aliphatic rings. The zero-order valence-corrected chi connectivity index (χ0v) is 9.33. The zero-order valence-electron chi connectivity index (χ0n) is 7.74. The van der Waals surface area contributed by atoms with Crippen LogP contribution >= 0.6 is 15.9 Å². The third-order valence-electron chi connectivity index (χ3n) is 1.89. The second-order valence-corrected chi connectivity index (χ2v) is 3.94. The summed E-state index contributed by atoms with van der Waals surface area (Å²) < 4.78 is 37.4. The van der Waals surface area contributed by atoms with E-state index in [1.807, 2.05) is 0 Å². The van der Waals surface area contributed by atoms with E-state index in [4.69, 9.17) is 0 Å². The molecule has 0 amide bonds. The number of nitrogens with zero attached hydrogens (tertiary/aromatic N) is 3. The summed E-state index contributed by atoms with van der Waals surface area (Å²) in [7, 11) is 0. The van der Waals surface area contributed by atoms with Gasteiger partial charge in [0.05, 0.1) is 6.20 Å². The number of benzene rings is 1. The lowest BCUT2D eigenvalue weighted by Gasteiger charge is -2.02. The van der Waals surface area contributed by atoms with Gasteiger partial charge in [-0.15, -0.1) is 18.3 Å². The molecule has 0 saturated carbocycles. The molecule has 0 spiro atoms. The first-order valence-electron chi connectivity index (χ1n) is 4.22. The van der Waals surface area contributed by atoms with Crippen LogP contribution in [0.4, 0.5) is 13.2 Å². The molecule has 3 nitrogen and oxygen atoms in total. The van der Waals surface area contributed by atoms with Crippen molar-refractivity contribution in [3.05, 3.63) is 34.9 Å². The SMILES string of the molecule is FC(F)(F)n1cc(-c2ccc(Br)cc2)nn1. The average molecular weight is 292 g/mol. The molecule has 2 rings (SSSR count). The highest BCUT2D eigenvalue weighted by Crippen LogP contribution is 2.24. The van der Waals surface area contributed by atoms with Crippen molar-refractivity contribution in [2.45, 2.75) is 6.30 Å². The van der Waals surface area contributed by atoms with E-state index >= 15 is 0 Å². The van der Waals surface area contributed by atoms with E-state index in [9.17, 15) is 13.2 Å². The average Bonchev–Trinajstić information content (AvgIpc) is 2.67. The first-order chi connectivity index (χ1) is 7.47. The standard InChI is InChI=1S/C9H5BrF3N3/c10-7-3-1-6(2-4-7)8-5-16(15-14-8)9(11,12)13/h1-5H. The molecular formula is C9H5BrF3N3. The third kappa shape index (κ3) is 2.24. The Balaban J connectivity index is 2.35. The van der Waals surface area contributed by atoms with Gasteiger partial charge in [-0.1, -0.05) is 33.3 Å². The van der Waals surface area contributed by atoms with Crippen LogP contribution in [0.1, 0.15) is 0 Å². The summed E-state index contributed by atoms with van der Waals surface area (Å²) in [6.07, 6.45) is -3.68. The van der Waals surface area contributed by atoms with Gasteiger partial charge in [0.1, 0.15) is 5.69 Å². The molecule has 0 unspecified atom stereocenters. The number of hydrogen-bond acceptors (Lipinski definition) is 2. The summed E-state index contributed by atoms with van der Waals surface area (Å²) >= 11 is 3.23. The Morgan fingerprint density at radius 1 is 1.12 bits per heavy atom. The van der Waals surface area contributed by atoms with E-state index < -0.39 is 6.30 Å². The van der Waals surface area contributed by atoms with Crippen LogP contribution in [0, 0.1) is 0 Å². The van der Waals surface area contributed by atoms with Crippen molar-refractivity contribution in [2.24, 2.45) is 0 Å². The van der Waals surface area contributed by atoms with Crippen molar-refractivity contribution in [3.8, 4) is 11.3 Å². The minimum Gasteiger partial charge on any atom is -0.158 e. The van der Waals surface area contributed by atoms with Gasteiger partial charge in [0.15, 0.2) is 0 Å². The smallest absolute Gasteiger partial charge is 0.158 e. The van der Waals surface area contributed by atoms with E-state index in [2.05, 4.69) is 26.2 Å². The van der Waals surface area contributed by atoms with Crippen molar-refractivity contribution in [1.82, 2.24) is 15.0 Å². The van der Waals surface area contributed by atoms with Crippen molar-refractivity contribution in [2.75, 3.05) is 0 Å². The van der Waals surface area contributed by atoms with Gasteiger partial charge in [0.25, 0.3) is 0 Å². The van der Waals surface area contributed by atoms with Crippen LogP contribution in [-0.2, 0) is 6.30 Å². The van der Waals surface area contributed by atoms with Crippen LogP contribution in [0.3, 0.4) is 0 Å². The fraction of sp³-hybridized carbons (Fsp3) is 0.111. The molecule has 1 heterocycles. The Morgan fingerprint density at radius 2 is 1.75 bits per heavy atom. The second kappa shape index (κ2) is 3.89. The molecule has 0 aliphatic heterocycles. The molecule has 0 aliphatic carbocycles. The number of rotatable bonds is 1. The molecule has 7 heteroatoms. The monoisotopic (exact) mass is 291 g/mol. The summed E-state index contributed by atoms with van der Waals surface area (Å²) in [6.45, 7) is 0. The Kier molecular flexibility index (Phi) is 2.71. The van der Waals surface area contributed by atoms with Crippen molar-refractivity contribution < 1.29 is 13.2 Å². The highest BCUT2D eigenvalue weighted by molar-refractivity contribution is 9.10. The summed E-state index contributed by atoms with van der Waals surface area (Å²) in [6, 6.07) is 6.77. The minimum absolute atomic E-state index is 0.121. The molecule has 1 aromatic carbocycles. The maximum Gasteiger partial charge on any atom is 0.505 e. The number of alkyl halides is 3. The lowest BCUT2D eigenvalue weighted by atomic mass is 10.2. The van der Waals surface area contributed by atoms with E-state index in [1.165, 1.54) is 0 Å². The van der Waals surface area contributed by atoms with E-state index in [0.29, 0.717) is 5.56 Å². The Morgan fingerprint density at radius 3 is 2.25 bits per heavy atom. The molecule has 0 atom stereocenters. The molecule has 0 saturated heterocycles. The quantitative estimate of drug-likeness (QED) is 0.808. The molecule has 84 valence electrons. The van der Waals surface area contributed by atoms with Gasteiger partial charge in [-0.05, 0) is 12.1 Å². The van der Waals surface area contributed by atoms with Crippen molar-refractivity contribution in [1.29, 1.82) is 0 Å². The van der Waals surface area contributed by atoms with Gasteiger partial charge in [0.2, 0.25) is 0 Å². The Labute approximate surface area is 97.0 Å². The molecular weight excluding hydrogens is 287 g/mol. The molecule has 0 fully saturated rings. The van der Waals surface area contributed by atoms with Crippen LogP contribution in [0.15, 0.2) is 34.9 Å². The summed E-state index contributed by atoms with van der Waals surface area (Å²) in [5.41, 5.74) is 0.767. The molecule has 2 aromatic rings. The van der Waals surface area contributed by atoms with Gasteiger partial charge in [-0.2, -0.15) is 4.68 Å². The third-order valence-corrected chi connectivity index (χ3v) is 2.42.